The summed E-state index contributed by atoms with van der Waals surface area (Å²) in [5.41, 5.74) is 0. The maximum Gasteiger partial charge on any atom is 0.0809 e. The van der Waals surface area contributed by atoms with Gasteiger partial charge in [0.2, 0.25) is 0 Å². The van der Waals surface area contributed by atoms with Gasteiger partial charge in [0.05, 0.1) is 12.7 Å². The molecule has 3 heteroatoms. The summed E-state index contributed by atoms with van der Waals surface area (Å²) in [6, 6.07) is 0.577. The van der Waals surface area contributed by atoms with E-state index < -0.39 is 0 Å². The minimum atomic E-state index is 0.350. The second-order valence-electron chi connectivity index (χ2n) is 4.17. The summed E-state index contributed by atoms with van der Waals surface area (Å²) in [6.45, 7) is 7.93. The van der Waals surface area contributed by atoms with Crippen LogP contribution in [0.3, 0.4) is 0 Å². The number of ether oxygens (including phenoxy) is 2. The van der Waals surface area contributed by atoms with Gasteiger partial charge in [-0.25, -0.2) is 0 Å². The van der Waals surface area contributed by atoms with E-state index in [0.717, 1.165) is 45.6 Å². The first-order chi connectivity index (χ1) is 6.79. The van der Waals surface area contributed by atoms with E-state index in [0.29, 0.717) is 12.1 Å². The van der Waals surface area contributed by atoms with Crippen LogP contribution in [0.25, 0.3) is 0 Å². The fourth-order valence-electron chi connectivity index (χ4n) is 1.56. The summed E-state index contributed by atoms with van der Waals surface area (Å²) in [5.74, 6) is 0. The number of nitrogens with one attached hydrogen (secondary N) is 1. The molecular weight excluding hydrogens is 178 g/mol. The molecule has 1 aliphatic rings. The third kappa shape index (κ3) is 5.58. The highest BCUT2D eigenvalue weighted by Crippen LogP contribution is 2.09. The predicted molar refractivity (Wildman–Crippen MR) is 57.5 cm³/mol. The zero-order valence-electron chi connectivity index (χ0n) is 9.42. The molecule has 1 unspecified atom stereocenters. The van der Waals surface area contributed by atoms with Gasteiger partial charge in [-0.15, -0.1) is 0 Å². The molecule has 0 aromatic rings. The van der Waals surface area contributed by atoms with Crippen molar-refractivity contribution < 1.29 is 9.47 Å². The minimum Gasteiger partial charge on any atom is -0.379 e. The Morgan fingerprint density at radius 3 is 3.00 bits per heavy atom. The van der Waals surface area contributed by atoms with Crippen LogP contribution < -0.4 is 5.32 Å². The molecule has 0 aromatic heterocycles. The molecule has 0 spiro atoms. The molecule has 1 N–H and O–H groups in total. The standard InChI is InChI=1S/C11H23NO2/c1-10(2)12-6-4-8-14-11-5-3-7-13-9-11/h10-12H,3-9H2,1-2H3. The molecule has 0 bridgehead atoms. The van der Waals surface area contributed by atoms with Gasteiger partial charge in [-0.3, -0.25) is 0 Å². The minimum absolute atomic E-state index is 0.350. The summed E-state index contributed by atoms with van der Waals surface area (Å²) in [4.78, 5) is 0. The quantitative estimate of drug-likeness (QED) is 0.662. The molecule has 84 valence electrons. The molecule has 3 nitrogen and oxygen atoms in total. The lowest BCUT2D eigenvalue weighted by atomic mass is 10.2. The largest absolute Gasteiger partial charge is 0.379 e. The van der Waals surface area contributed by atoms with Crippen molar-refractivity contribution in [2.24, 2.45) is 0 Å². The Hall–Kier alpha value is -0.120. The van der Waals surface area contributed by atoms with Crippen LogP contribution in [0.15, 0.2) is 0 Å². The van der Waals surface area contributed by atoms with E-state index in [1.807, 2.05) is 0 Å². The Bertz CT molecular complexity index is 133. The van der Waals surface area contributed by atoms with Crippen molar-refractivity contribution in [1.82, 2.24) is 5.32 Å². The summed E-state index contributed by atoms with van der Waals surface area (Å²) < 4.78 is 11.0. The Labute approximate surface area is 87.2 Å². The van der Waals surface area contributed by atoms with Gasteiger partial charge >= 0.3 is 0 Å². The van der Waals surface area contributed by atoms with E-state index in [4.69, 9.17) is 9.47 Å². The average Bonchev–Trinajstić information content (AvgIpc) is 2.18. The van der Waals surface area contributed by atoms with Crippen molar-refractivity contribution in [2.45, 2.75) is 45.3 Å². The van der Waals surface area contributed by atoms with Crippen LogP contribution in [0.4, 0.5) is 0 Å². The van der Waals surface area contributed by atoms with Gasteiger partial charge in [0, 0.05) is 19.3 Å². The fourth-order valence-corrected chi connectivity index (χ4v) is 1.56. The lowest BCUT2D eigenvalue weighted by Crippen LogP contribution is -2.28. The van der Waals surface area contributed by atoms with Crippen molar-refractivity contribution in [2.75, 3.05) is 26.4 Å². The summed E-state index contributed by atoms with van der Waals surface area (Å²) in [7, 11) is 0. The van der Waals surface area contributed by atoms with E-state index in [9.17, 15) is 0 Å². The second-order valence-corrected chi connectivity index (χ2v) is 4.17. The van der Waals surface area contributed by atoms with E-state index >= 15 is 0 Å². The normalized spacial score (nSPS) is 22.9. The molecule has 1 atom stereocenters. The van der Waals surface area contributed by atoms with Crippen LogP contribution in [-0.2, 0) is 9.47 Å². The van der Waals surface area contributed by atoms with E-state index in [1.54, 1.807) is 0 Å². The zero-order valence-corrected chi connectivity index (χ0v) is 9.42. The summed E-state index contributed by atoms with van der Waals surface area (Å²) in [6.07, 6.45) is 3.75. The lowest BCUT2D eigenvalue weighted by molar-refractivity contribution is -0.0502. The zero-order chi connectivity index (χ0) is 10.2. The lowest BCUT2D eigenvalue weighted by Gasteiger charge is -2.22. The van der Waals surface area contributed by atoms with Gasteiger partial charge in [-0.05, 0) is 25.8 Å². The second kappa shape index (κ2) is 7.21. The fraction of sp³-hybridized carbons (Fsp3) is 1.00. The highest BCUT2D eigenvalue weighted by atomic mass is 16.5. The first kappa shape index (κ1) is 12.0. The number of hydrogen-bond acceptors (Lipinski definition) is 3. The Morgan fingerprint density at radius 1 is 1.50 bits per heavy atom. The van der Waals surface area contributed by atoms with Crippen LogP contribution in [0.2, 0.25) is 0 Å². The molecule has 0 saturated carbocycles. The van der Waals surface area contributed by atoms with Crippen molar-refractivity contribution in [3.8, 4) is 0 Å². The predicted octanol–water partition coefficient (Wildman–Crippen LogP) is 1.57. The van der Waals surface area contributed by atoms with Gasteiger partial charge in [0.15, 0.2) is 0 Å². The molecule has 1 fully saturated rings. The number of hydrogen-bond donors (Lipinski definition) is 1. The van der Waals surface area contributed by atoms with Crippen LogP contribution in [0.1, 0.15) is 33.1 Å². The molecule has 0 radical (unpaired) electrons. The first-order valence-corrected chi connectivity index (χ1v) is 5.72. The summed E-state index contributed by atoms with van der Waals surface area (Å²) >= 11 is 0. The van der Waals surface area contributed by atoms with Crippen LogP contribution >= 0.6 is 0 Å². The monoisotopic (exact) mass is 201 g/mol. The molecule has 1 aliphatic heterocycles. The van der Waals surface area contributed by atoms with Crippen LogP contribution in [0.5, 0.6) is 0 Å². The Balaban J connectivity index is 1.87. The highest BCUT2D eigenvalue weighted by molar-refractivity contribution is 4.62. The topological polar surface area (TPSA) is 30.5 Å². The first-order valence-electron chi connectivity index (χ1n) is 5.72. The van der Waals surface area contributed by atoms with Gasteiger partial charge in [-0.1, -0.05) is 13.8 Å². The maximum atomic E-state index is 5.70. The van der Waals surface area contributed by atoms with E-state index in [1.165, 1.54) is 0 Å². The van der Waals surface area contributed by atoms with E-state index in [-0.39, 0.29) is 0 Å². The molecule has 14 heavy (non-hydrogen) atoms. The van der Waals surface area contributed by atoms with Crippen molar-refractivity contribution >= 4 is 0 Å². The molecule has 0 aromatic carbocycles. The third-order valence-corrected chi connectivity index (χ3v) is 2.35. The number of rotatable bonds is 6. The third-order valence-electron chi connectivity index (χ3n) is 2.35. The van der Waals surface area contributed by atoms with Crippen molar-refractivity contribution in [3.63, 3.8) is 0 Å². The Kier molecular flexibility index (Phi) is 6.15. The van der Waals surface area contributed by atoms with Gasteiger partial charge < -0.3 is 14.8 Å². The summed E-state index contributed by atoms with van der Waals surface area (Å²) in [5, 5.41) is 3.37. The molecule has 0 amide bonds. The molecule has 1 rings (SSSR count). The maximum absolute atomic E-state index is 5.70. The van der Waals surface area contributed by atoms with Gasteiger partial charge in [-0.2, -0.15) is 0 Å². The molecular formula is C11H23NO2. The van der Waals surface area contributed by atoms with E-state index in [2.05, 4.69) is 19.2 Å². The Morgan fingerprint density at radius 2 is 2.36 bits per heavy atom. The molecule has 1 saturated heterocycles. The van der Waals surface area contributed by atoms with Gasteiger partial charge in [0.1, 0.15) is 0 Å². The molecule has 0 aliphatic carbocycles. The molecule has 1 heterocycles. The van der Waals surface area contributed by atoms with Crippen LogP contribution in [-0.4, -0.2) is 38.5 Å². The SMILES string of the molecule is CC(C)NCCCOC1CCCOC1. The van der Waals surface area contributed by atoms with Crippen LogP contribution in [0, 0.1) is 0 Å². The van der Waals surface area contributed by atoms with Crippen molar-refractivity contribution in [1.29, 1.82) is 0 Å². The average molecular weight is 201 g/mol. The highest BCUT2D eigenvalue weighted by Gasteiger charge is 2.13. The van der Waals surface area contributed by atoms with Gasteiger partial charge in [0.25, 0.3) is 0 Å². The van der Waals surface area contributed by atoms with Crippen molar-refractivity contribution in [3.05, 3.63) is 0 Å². The smallest absolute Gasteiger partial charge is 0.0809 e.